The lowest BCUT2D eigenvalue weighted by Crippen LogP contribution is -1.91. The van der Waals surface area contributed by atoms with Crippen molar-refractivity contribution in [3.63, 3.8) is 0 Å². The minimum absolute atomic E-state index is 0.605. The van der Waals surface area contributed by atoms with Crippen molar-refractivity contribution in [2.24, 2.45) is 0 Å². The van der Waals surface area contributed by atoms with Crippen LogP contribution < -0.4 is 0 Å². The molecule has 0 nitrogen and oxygen atoms in total. The lowest BCUT2D eigenvalue weighted by Gasteiger charge is -2.12. The zero-order chi connectivity index (χ0) is 18.8. The highest BCUT2D eigenvalue weighted by Crippen LogP contribution is 2.29. The number of hydrogen-bond donors (Lipinski definition) is 0. The minimum Gasteiger partial charge on any atom is -0.0877 e. The maximum atomic E-state index is 2.28. The third kappa shape index (κ3) is 5.46. The van der Waals surface area contributed by atoms with E-state index in [1.54, 1.807) is 0 Å². The van der Waals surface area contributed by atoms with Crippen molar-refractivity contribution >= 4 is 12.2 Å². The summed E-state index contributed by atoms with van der Waals surface area (Å²) in [6.07, 6.45) is 17.9. The largest absolute Gasteiger partial charge is 0.0877 e. The molecule has 1 atom stereocenters. The van der Waals surface area contributed by atoms with E-state index in [0.29, 0.717) is 5.92 Å². The Hall–Kier alpha value is -2.60. The summed E-state index contributed by atoms with van der Waals surface area (Å²) in [7, 11) is 0. The van der Waals surface area contributed by atoms with Crippen molar-refractivity contribution in [1.82, 2.24) is 0 Å². The molecule has 0 N–H and O–H groups in total. The van der Waals surface area contributed by atoms with Gasteiger partial charge in [0, 0.05) is 0 Å². The monoisotopic (exact) mass is 342 g/mol. The molecule has 0 fully saturated rings. The van der Waals surface area contributed by atoms with E-state index in [9.17, 15) is 0 Å². The van der Waals surface area contributed by atoms with Crippen molar-refractivity contribution in [3.8, 4) is 11.1 Å². The highest BCUT2D eigenvalue weighted by Gasteiger charge is 2.06. The molecule has 26 heavy (non-hydrogen) atoms. The normalized spacial score (nSPS) is 13.5. The Balaban J connectivity index is 2.45. The van der Waals surface area contributed by atoms with Gasteiger partial charge in [0.25, 0.3) is 0 Å². The first-order chi connectivity index (χ1) is 12.7. The van der Waals surface area contributed by atoms with Crippen LogP contribution in [0.5, 0.6) is 0 Å². The Bertz CT molecular complexity index is 798. The molecule has 0 amide bonds. The quantitative estimate of drug-likeness (QED) is 0.446. The van der Waals surface area contributed by atoms with Crippen LogP contribution in [0.25, 0.3) is 23.3 Å². The van der Waals surface area contributed by atoms with Crippen LogP contribution in [0.4, 0.5) is 0 Å². The molecule has 0 saturated carbocycles. The minimum atomic E-state index is 0.605. The van der Waals surface area contributed by atoms with Gasteiger partial charge in [-0.1, -0.05) is 98.9 Å². The summed E-state index contributed by atoms with van der Waals surface area (Å²) in [6.45, 7) is 8.59. The summed E-state index contributed by atoms with van der Waals surface area (Å²) in [5.74, 6) is 0.605. The zero-order valence-electron chi connectivity index (χ0n) is 16.4. The van der Waals surface area contributed by atoms with Gasteiger partial charge in [0.15, 0.2) is 0 Å². The van der Waals surface area contributed by atoms with Crippen LogP contribution >= 0.6 is 0 Å². The molecule has 0 heteroatoms. The van der Waals surface area contributed by atoms with Crippen LogP contribution in [-0.2, 0) is 0 Å². The predicted molar refractivity (Wildman–Crippen MR) is 118 cm³/mol. The highest BCUT2D eigenvalue weighted by molar-refractivity contribution is 5.78. The van der Waals surface area contributed by atoms with Crippen LogP contribution in [-0.4, -0.2) is 0 Å². The van der Waals surface area contributed by atoms with Gasteiger partial charge >= 0.3 is 0 Å². The number of rotatable bonds is 7. The van der Waals surface area contributed by atoms with Crippen molar-refractivity contribution in [1.29, 1.82) is 0 Å². The Morgan fingerprint density at radius 1 is 0.808 bits per heavy atom. The van der Waals surface area contributed by atoms with Crippen LogP contribution in [0.2, 0.25) is 0 Å². The van der Waals surface area contributed by atoms with Crippen molar-refractivity contribution < 1.29 is 0 Å². The second-order valence-electron chi connectivity index (χ2n) is 6.55. The van der Waals surface area contributed by atoms with E-state index in [2.05, 4.69) is 92.8 Å². The summed E-state index contributed by atoms with van der Waals surface area (Å²) < 4.78 is 0. The molecule has 0 saturated heterocycles. The maximum Gasteiger partial charge on any atom is -0.0105 e. The summed E-state index contributed by atoms with van der Waals surface area (Å²) in [5.41, 5.74) is 6.39. The van der Waals surface area contributed by atoms with Gasteiger partial charge in [-0.05, 0) is 60.1 Å². The summed E-state index contributed by atoms with van der Waals surface area (Å²) in [5, 5.41) is 0. The summed E-state index contributed by atoms with van der Waals surface area (Å²) >= 11 is 0. The second-order valence-corrected chi connectivity index (χ2v) is 6.55. The predicted octanol–water partition coefficient (Wildman–Crippen LogP) is 8.05. The molecule has 0 aromatic heterocycles. The van der Waals surface area contributed by atoms with Gasteiger partial charge in [0.2, 0.25) is 0 Å². The Morgan fingerprint density at radius 3 is 2.08 bits per heavy atom. The smallest absolute Gasteiger partial charge is 0.0105 e. The Kier molecular flexibility index (Phi) is 7.89. The molecule has 0 aliphatic carbocycles. The zero-order valence-corrected chi connectivity index (χ0v) is 16.4. The Morgan fingerprint density at radius 2 is 1.46 bits per heavy atom. The average molecular weight is 343 g/mol. The van der Waals surface area contributed by atoms with Crippen LogP contribution in [0.3, 0.4) is 0 Å². The van der Waals surface area contributed by atoms with Crippen LogP contribution in [0.15, 0.2) is 78.9 Å². The fourth-order valence-corrected chi connectivity index (χ4v) is 2.85. The topological polar surface area (TPSA) is 0 Å². The van der Waals surface area contributed by atoms with Crippen molar-refractivity contribution in [2.45, 2.75) is 40.0 Å². The van der Waals surface area contributed by atoms with E-state index in [1.165, 1.54) is 34.2 Å². The molecular formula is C26H30. The molecular weight excluding hydrogens is 312 g/mol. The van der Waals surface area contributed by atoms with Gasteiger partial charge in [0.05, 0.1) is 0 Å². The molecule has 2 aromatic carbocycles. The second kappa shape index (κ2) is 10.4. The Labute approximate surface area is 159 Å². The standard InChI is InChI=1S/C26H30/c1-5-8-10-12-22-14-15-24(13-11-9-6-2)26(20-22)25-18-16-23(17-19-25)21(4)7-3/h5-6,8-21H,7H2,1-4H3/b8-5-,9-6-,12-10-,13-11-/t21-/m1/s1. The van der Waals surface area contributed by atoms with E-state index in [0.717, 1.165) is 0 Å². The average Bonchev–Trinajstić information content (AvgIpc) is 2.68. The first-order valence-corrected chi connectivity index (χ1v) is 9.52. The van der Waals surface area contributed by atoms with Crippen molar-refractivity contribution in [2.75, 3.05) is 0 Å². The third-order valence-electron chi connectivity index (χ3n) is 4.65. The number of benzene rings is 2. The number of allylic oxidation sites excluding steroid dienone is 6. The van der Waals surface area contributed by atoms with E-state index in [1.807, 2.05) is 26.0 Å². The molecule has 0 unspecified atom stereocenters. The molecule has 0 heterocycles. The van der Waals surface area contributed by atoms with E-state index in [4.69, 9.17) is 0 Å². The first kappa shape index (κ1) is 19.7. The van der Waals surface area contributed by atoms with Gasteiger partial charge in [-0.25, -0.2) is 0 Å². The maximum absolute atomic E-state index is 2.28. The fourth-order valence-electron chi connectivity index (χ4n) is 2.85. The highest BCUT2D eigenvalue weighted by atomic mass is 14.1. The van der Waals surface area contributed by atoms with Gasteiger partial charge in [0.1, 0.15) is 0 Å². The molecule has 134 valence electrons. The van der Waals surface area contributed by atoms with Crippen molar-refractivity contribution in [3.05, 3.63) is 95.6 Å². The molecule has 0 bridgehead atoms. The molecule has 0 radical (unpaired) electrons. The molecule has 2 rings (SSSR count). The lowest BCUT2D eigenvalue weighted by atomic mass is 9.93. The summed E-state index contributed by atoms with van der Waals surface area (Å²) in [6, 6.07) is 15.7. The molecule has 2 aromatic rings. The van der Waals surface area contributed by atoms with Crippen LogP contribution in [0, 0.1) is 0 Å². The van der Waals surface area contributed by atoms with Crippen LogP contribution in [0.1, 0.15) is 56.7 Å². The number of hydrogen-bond acceptors (Lipinski definition) is 0. The van der Waals surface area contributed by atoms with E-state index in [-0.39, 0.29) is 0 Å². The lowest BCUT2D eigenvalue weighted by molar-refractivity contribution is 0.734. The van der Waals surface area contributed by atoms with E-state index >= 15 is 0 Å². The summed E-state index contributed by atoms with van der Waals surface area (Å²) in [4.78, 5) is 0. The SMILES string of the molecule is C/C=C\C=C/c1ccc(/C=C\C=C/C)c(-c2ccc([C@H](C)CC)cc2)c1. The first-order valence-electron chi connectivity index (χ1n) is 9.52. The molecule has 0 aliphatic rings. The third-order valence-corrected chi connectivity index (χ3v) is 4.65. The van der Waals surface area contributed by atoms with Gasteiger partial charge in [-0.15, -0.1) is 0 Å². The van der Waals surface area contributed by atoms with Gasteiger partial charge in [-0.2, -0.15) is 0 Å². The van der Waals surface area contributed by atoms with Gasteiger partial charge < -0.3 is 0 Å². The molecule has 0 spiro atoms. The molecule has 0 aliphatic heterocycles. The fraction of sp³-hybridized carbons (Fsp3) is 0.231. The van der Waals surface area contributed by atoms with E-state index < -0.39 is 0 Å². The van der Waals surface area contributed by atoms with Gasteiger partial charge in [-0.3, -0.25) is 0 Å².